The predicted molar refractivity (Wildman–Crippen MR) is 145 cm³/mol. The maximum Gasteiger partial charge on any atom is 0.212 e. The van der Waals surface area contributed by atoms with Crippen molar-refractivity contribution in [3.63, 3.8) is 0 Å². The second-order valence-electron chi connectivity index (χ2n) is 10.2. The second-order valence-corrected chi connectivity index (χ2v) is 10.2. The topological polar surface area (TPSA) is 96.7 Å². The van der Waals surface area contributed by atoms with E-state index in [4.69, 9.17) is 14.5 Å². The van der Waals surface area contributed by atoms with Gasteiger partial charge >= 0.3 is 0 Å². The number of pyridine rings is 3. The molecule has 0 saturated carbocycles. The molecule has 10 nitrogen and oxygen atoms in total. The van der Waals surface area contributed by atoms with E-state index in [1.54, 1.807) is 7.11 Å². The molecule has 5 aromatic rings. The first kappa shape index (κ1) is 23.0. The van der Waals surface area contributed by atoms with Gasteiger partial charge in [-0.3, -0.25) is 10.00 Å². The number of hydrogen-bond acceptors (Lipinski definition) is 8. The summed E-state index contributed by atoms with van der Waals surface area (Å²) in [5.74, 6) is 2.44. The first-order chi connectivity index (χ1) is 18.7. The monoisotopic (exact) mass is 510 g/mol. The molecular formula is C28H30N8O2. The zero-order valence-corrected chi connectivity index (χ0v) is 21.6. The average molecular weight is 511 g/mol. The van der Waals surface area contributed by atoms with Gasteiger partial charge in [-0.15, -0.1) is 5.10 Å². The molecule has 10 heteroatoms. The Morgan fingerprint density at radius 3 is 2.76 bits per heavy atom. The van der Waals surface area contributed by atoms with E-state index >= 15 is 0 Å². The molecule has 0 amide bonds. The van der Waals surface area contributed by atoms with Gasteiger partial charge in [-0.2, -0.15) is 5.10 Å². The number of H-pyrrole nitrogens is 1. The fourth-order valence-corrected chi connectivity index (χ4v) is 6.01. The van der Waals surface area contributed by atoms with Crippen LogP contribution in [0.3, 0.4) is 0 Å². The Balaban J connectivity index is 1.11. The van der Waals surface area contributed by atoms with Crippen LogP contribution in [-0.2, 0) is 6.54 Å². The van der Waals surface area contributed by atoms with Gasteiger partial charge in [-0.05, 0) is 50.1 Å². The van der Waals surface area contributed by atoms with Crippen molar-refractivity contribution in [1.29, 1.82) is 0 Å². The molecule has 0 radical (unpaired) electrons. The first-order valence-corrected chi connectivity index (χ1v) is 13.1. The van der Waals surface area contributed by atoms with Crippen molar-refractivity contribution in [3.8, 4) is 22.8 Å². The number of fused-ring (bicyclic) bond motifs is 3. The summed E-state index contributed by atoms with van der Waals surface area (Å²) in [6.07, 6.45) is 10.1. The molecule has 0 aliphatic carbocycles. The number of ether oxygens (including phenoxy) is 2. The standard InChI is InChI=1S/C28H30N8O2/c1-3-38-21-11-22(26-23-14-31-32-27(23)33-36(26)16-21)20-6-7-24(29-13-20)34-17-28(18-34)9-4-10-35(28)15-19-5-8-25(37-2)30-12-19/h5-8,11-14,16H,3-4,9-10,15,17-18H2,1-2H3,(H,32,33). The number of aromatic nitrogens is 6. The quantitative estimate of drug-likeness (QED) is 0.352. The lowest BCUT2D eigenvalue weighted by Crippen LogP contribution is -2.67. The minimum Gasteiger partial charge on any atom is -0.492 e. The van der Waals surface area contributed by atoms with E-state index in [0.717, 1.165) is 65.4 Å². The number of anilines is 1. The Morgan fingerprint density at radius 2 is 2.00 bits per heavy atom. The highest BCUT2D eigenvalue weighted by molar-refractivity contribution is 6.00. The lowest BCUT2D eigenvalue weighted by atomic mass is 9.86. The molecule has 38 heavy (non-hydrogen) atoms. The molecule has 1 N–H and O–H groups in total. The predicted octanol–water partition coefficient (Wildman–Crippen LogP) is 3.93. The van der Waals surface area contributed by atoms with E-state index in [9.17, 15) is 0 Å². The van der Waals surface area contributed by atoms with Crippen LogP contribution in [0, 0.1) is 0 Å². The molecular weight excluding hydrogens is 480 g/mol. The Hall–Kier alpha value is -4.18. The van der Waals surface area contributed by atoms with Crippen LogP contribution in [-0.4, -0.2) is 73.6 Å². The molecule has 5 aromatic heterocycles. The Labute approximate surface area is 220 Å². The first-order valence-electron chi connectivity index (χ1n) is 13.1. The van der Waals surface area contributed by atoms with E-state index < -0.39 is 0 Å². The fraction of sp³-hybridized carbons (Fsp3) is 0.357. The van der Waals surface area contributed by atoms with E-state index in [2.05, 4.69) is 54.3 Å². The smallest absolute Gasteiger partial charge is 0.212 e. The van der Waals surface area contributed by atoms with Crippen LogP contribution in [0.15, 0.2) is 55.1 Å². The van der Waals surface area contributed by atoms with Crippen LogP contribution in [0.5, 0.6) is 11.6 Å². The van der Waals surface area contributed by atoms with Crippen molar-refractivity contribution in [3.05, 3.63) is 60.7 Å². The van der Waals surface area contributed by atoms with Crippen LogP contribution in [0.1, 0.15) is 25.3 Å². The normalized spacial score (nSPS) is 16.9. The number of nitrogens with zero attached hydrogens (tertiary/aromatic N) is 7. The highest BCUT2D eigenvalue weighted by atomic mass is 16.5. The SMILES string of the molecule is CCOc1cc(-c2ccc(N3CC4(CCCN4Cc4ccc(OC)nc4)C3)nc2)c2c3cn[nH]c3nn2c1. The molecule has 2 saturated heterocycles. The molecule has 2 fully saturated rings. The molecule has 0 bridgehead atoms. The molecule has 7 heterocycles. The number of nitrogens with one attached hydrogen (secondary N) is 1. The van der Waals surface area contributed by atoms with Gasteiger partial charge in [0.1, 0.15) is 11.6 Å². The van der Waals surface area contributed by atoms with E-state index in [0.29, 0.717) is 12.5 Å². The van der Waals surface area contributed by atoms with Crippen molar-refractivity contribution < 1.29 is 9.47 Å². The largest absolute Gasteiger partial charge is 0.492 e. The molecule has 2 aliphatic rings. The second kappa shape index (κ2) is 8.98. The van der Waals surface area contributed by atoms with Gasteiger partial charge < -0.3 is 14.4 Å². The summed E-state index contributed by atoms with van der Waals surface area (Å²) in [4.78, 5) is 14.3. The maximum absolute atomic E-state index is 5.82. The highest BCUT2D eigenvalue weighted by Crippen LogP contribution is 2.41. The van der Waals surface area contributed by atoms with Gasteiger partial charge in [0.2, 0.25) is 5.88 Å². The maximum atomic E-state index is 5.82. The molecule has 0 aromatic carbocycles. The van der Waals surface area contributed by atoms with Gasteiger partial charge in [-0.25, -0.2) is 14.5 Å². The van der Waals surface area contributed by atoms with Gasteiger partial charge in [0.25, 0.3) is 0 Å². The Morgan fingerprint density at radius 1 is 1.08 bits per heavy atom. The van der Waals surface area contributed by atoms with Crippen molar-refractivity contribution in [2.24, 2.45) is 0 Å². The van der Waals surface area contributed by atoms with Crippen LogP contribution < -0.4 is 14.4 Å². The molecule has 0 atom stereocenters. The summed E-state index contributed by atoms with van der Waals surface area (Å²) in [6, 6.07) is 10.4. The fourth-order valence-electron chi connectivity index (χ4n) is 6.01. The van der Waals surface area contributed by atoms with E-state index in [1.807, 2.05) is 42.3 Å². The minimum absolute atomic E-state index is 0.211. The number of rotatable bonds is 7. The third kappa shape index (κ3) is 3.75. The zero-order chi connectivity index (χ0) is 25.7. The van der Waals surface area contributed by atoms with Crippen LogP contribution in [0.4, 0.5) is 5.82 Å². The summed E-state index contributed by atoms with van der Waals surface area (Å²) >= 11 is 0. The number of methoxy groups -OCH3 is 1. The van der Waals surface area contributed by atoms with Crippen molar-refractivity contribution in [2.75, 3.05) is 38.3 Å². The summed E-state index contributed by atoms with van der Waals surface area (Å²) < 4.78 is 12.9. The molecule has 0 unspecified atom stereocenters. The van der Waals surface area contributed by atoms with Crippen molar-refractivity contribution >= 4 is 22.4 Å². The molecule has 194 valence electrons. The van der Waals surface area contributed by atoms with Gasteiger partial charge in [0.05, 0.1) is 42.6 Å². The molecule has 7 rings (SSSR count). The Kier molecular flexibility index (Phi) is 5.43. The lowest BCUT2D eigenvalue weighted by molar-refractivity contribution is 0.0952. The van der Waals surface area contributed by atoms with Crippen LogP contribution in [0.25, 0.3) is 27.7 Å². The highest BCUT2D eigenvalue weighted by Gasteiger charge is 2.50. The van der Waals surface area contributed by atoms with Gasteiger partial charge in [0.15, 0.2) is 5.65 Å². The minimum atomic E-state index is 0.211. The summed E-state index contributed by atoms with van der Waals surface area (Å²) in [5, 5.41) is 12.7. The molecule has 1 spiro atoms. The third-order valence-corrected chi connectivity index (χ3v) is 7.89. The lowest BCUT2D eigenvalue weighted by Gasteiger charge is -2.53. The van der Waals surface area contributed by atoms with Crippen molar-refractivity contribution in [1.82, 2.24) is 34.7 Å². The van der Waals surface area contributed by atoms with Crippen LogP contribution >= 0.6 is 0 Å². The summed E-state index contributed by atoms with van der Waals surface area (Å²) in [7, 11) is 1.65. The van der Waals surface area contributed by atoms with E-state index in [-0.39, 0.29) is 5.54 Å². The van der Waals surface area contributed by atoms with Crippen LogP contribution in [0.2, 0.25) is 0 Å². The number of likely N-dealkylation sites (tertiary alicyclic amines) is 1. The van der Waals surface area contributed by atoms with Crippen molar-refractivity contribution in [2.45, 2.75) is 31.8 Å². The molecule has 2 aliphatic heterocycles. The van der Waals surface area contributed by atoms with E-state index in [1.165, 1.54) is 18.4 Å². The zero-order valence-electron chi connectivity index (χ0n) is 21.6. The van der Waals surface area contributed by atoms with Gasteiger partial charge in [-0.1, -0.05) is 6.07 Å². The van der Waals surface area contributed by atoms with Gasteiger partial charge in [0, 0.05) is 49.2 Å². The number of hydrogen-bond donors (Lipinski definition) is 1. The average Bonchev–Trinajstić information content (AvgIpc) is 3.63. The summed E-state index contributed by atoms with van der Waals surface area (Å²) in [5.41, 5.74) is 5.22. The Bertz CT molecular complexity index is 1590. The number of aromatic amines is 1. The summed E-state index contributed by atoms with van der Waals surface area (Å²) in [6.45, 7) is 6.59. The third-order valence-electron chi connectivity index (χ3n) is 7.89.